The fourth-order valence-electron chi connectivity index (χ4n) is 3.71. The number of benzene rings is 1. The van der Waals surface area contributed by atoms with Crippen LogP contribution in [0.5, 0.6) is 0 Å². The van der Waals surface area contributed by atoms with Gasteiger partial charge in [0, 0.05) is 26.7 Å². The Morgan fingerprint density at radius 3 is 2.67 bits per heavy atom. The maximum atomic E-state index is 14.4. The van der Waals surface area contributed by atoms with E-state index in [-0.39, 0.29) is 17.0 Å². The zero-order valence-corrected chi connectivity index (χ0v) is 16.3. The average Bonchev–Trinajstić information content (AvgIpc) is 3.32. The molecular weight excluding hydrogens is 373 g/mol. The van der Waals surface area contributed by atoms with Crippen molar-refractivity contribution in [2.24, 2.45) is 0 Å². The quantitative estimate of drug-likeness (QED) is 0.717. The third-order valence-corrected chi connectivity index (χ3v) is 6.63. The van der Waals surface area contributed by atoms with Crippen molar-refractivity contribution in [3.8, 4) is 0 Å². The molecule has 1 atom stereocenters. The molecule has 150 valence electrons. The first-order valence-electron chi connectivity index (χ1n) is 9.19. The van der Waals surface area contributed by atoms with Gasteiger partial charge in [-0.15, -0.1) is 0 Å². The van der Waals surface area contributed by atoms with E-state index in [1.165, 1.54) is 12.1 Å². The molecule has 0 radical (unpaired) electrons. The van der Waals surface area contributed by atoms with Crippen LogP contribution in [0.15, 0.2) is 23.1 Å². The molecule has 2 heterocycles. The molecule has 9 heteroatoms. The van der Waals surface area contributed by atoms with Crippen LogP contribution in [0, 0.1) is 5.82 Å². The number of carbonyl (C=O) groups is 1. The van der Waals surface area contributed by atoms with E-state index in [2.05, 4.69) is 10.0 Å². The van der Waals surface area contributed by atoms with Gasteiger partial charge in [-0.05, 0) is 50.4 Å². The van der Waals surface area contributed by atoms with Crippen molar-refractivity contribution in [1.82, 2.24) is 14.9 Å². The van der Waals surface area contributed by atoms with Gasteiger partial charge in [0.05, 0.1) is 22.6 Å². The van der Waals surface area contributed by atoms with Gasteiger partial charge in [0.2, 0.25) is 10.0 Å². The third kappa shape index (κ3) is 4.48. The summed E-state index contributed by atoms with van der Waals surface area (Å²) in [5.74, 6) is -1.21. The number of halogens is 1. The number of methoxy groups -OCH3 is 1. The summed E-state index contributed by atoms with van der Waals surface area (Å²) >= 11 is 0. The zero-order valence-electron chi connectivity index (χ0n) is 15.5. The molecule has 2 saturated heterocycles. The number of nitrogens with one attached hydrogen (secondary N) is 2. The van der Waals surface area contributed by atoms with Crippen molar-refractivity contribution in [2.45, 2.75) is 36.1 Å². The van der Waals surface area contributed by atoms with E-state index in [1.807, 2.05) is 0 Å². The number of sulfonamides is 1. The molecule has 1 unspecified atom stereocenters. The van der Waals surface area contributed by atoms with E-state index in [1.54, 1.807) is 12.0 Å². The van der Waals surface area contributed by atoms with Crippen molar-refractivity contribution in [2.75, 3.05) is 39.9 Å². The number of ether oxygens (including phenoxy) is 1. The van der Waals surface area contributed by atoms with Crippen LogP contribution in [0.2, 0.25) is 0 Å². The summed E-state index contributed by atoms with van der Waals surface area (Å²) in [6.07, 6.45) is 3.54. The Labute approximate surface area is 159 Å². The number of hydrogen-bond acceptors (Lipinski definition) is 5. The van der Waals surface area contributed by atoms with Crippen LogP contribution in [0.1, 0.15) is 36.0 Å². The Hall–Kier alpha value is -1.55. The SMILES string of the molecule is COCC1(CNS(=O)(=O)c2ccc(C(=O)N3CCCC3)c(F)c2)CCCN1. The van der Waals surface area contributed by atoms with Gasteiger partial charge in [-0.25, -0.2) is 17.5 Å². The molecule has 1 aromatic carbocycles. The zero-order chi connectivity index (χ0) is 19.5. The fraction of sp³-hybridized carbons (Fsp3) is 0.611. The highest BCUT2D eigenvalue weighted by Crippen LogP contribution is 2.22. The molecule has 0 spiro atoms. The van der Waals surface area contributed by atoms with Gasteiger partial charge in [-0.1, -0.05) is 0 Å². The smallest absolute Gasteiger partial charge is 0.256 e. The lowest BCUT2D eigenvalue weighted by atomic mass is 9.99. The molecule has 0 aromatic heterocycles. The Kier molecular flexibility index (Phi) is 6.15. The minimum atomic E-state index is -3.90. The molecule has 2 N–H and O–H groups in total. The van der Waals surface area contributed by atoms with Crippen LogP contribution in [-0.2, 0) is 14.8 Å². The van der Waals surface area contributed by atoms with Crippen molar-refractivity contribution >= 4 is 15.9 Å². The third-order valence-electron chi connectivity index (χ3n) is 5.23. The van der Waals surface area contributed by atoms with E-state index in [9.17, 15) is 17.6 Å². The highest BCUT2D eigenvalue weighted by molar-refractivity contribution is 7.89. The average molecular weight is 399 g/mol. The maximum Gasteiger partial charge on any atom is 0.256 e. The van der Waals surface area contributed by atoms with Crippen molar-refractivity contribution in [1.29, 1.82) is 0 Å². The van der Waals surface area contributed by atoms with Crippen LogP contribution < -0.4 is 10.0 Å². The van der Waals surface area contributed by atoms with Crippen molar-refractivity contribution in [3.05, 3.63) is 29.6 Å². The van der Waals surface area contributed by atoms with E-state index < -0.39 is 27.3 Å². The highest BCUT2D eigenvalue weighted by atomic mass is 32.2. The number of rotatable bonds is 7. The molecule has 27 heavy (non-hydrogen) atoms. The number of hydrogen-bond donors (Lipinski definition) is 2. The van der Waals surface area contributed by atoms with E-state index in [0.29, 0.717) is 19.7 Å². The van der Waals surface area contributed by atoms with E-state index >= 15 is 0 Å². The number of likely N-dealkylation sites (tertiary alicyclic amines) is 1. The predicted molar refractivity (Wildman–Crippen MR) is 98.6 cm³/mol. The number of carbonyl (C=O) groups excluding carboxylic acids is 1. The van der Waals surface area contributed by atoms with E-state index in [4.69, 9.17) is 4.74 Å². The molecule has 2 fully saturated rings. The second-order valence-corrected chi connectivity index (χ2v) is 8.98. The molecule has 0 aliphatic carbocycles. The van der Waals surface area contributed by atoms with Gasteiger partial charge < -0.3 is 15.0 Å². The second kappa shape index (κ2) is 8.22. The Balaban J connectivity index is 1.72. The summed E-state index contributed by atoms with van der Waals surface area (Å²) in [5, 5.41) is 3.29. The molecule has 0 bridgehead atoms. The monoisotopic (exact) mass is 399 g/mol. The van der Waals surface area contributed by atoms with Gasteiger partial charge in [0.15, 0.2) is 0 Å². The second-order valence-electron chi connectivity index (χ2n) is 7.21. The maximum absolute atomic E-state index is 14.4. The largest absolute Gasteiger partial charge is 0.383 e. The van der Waals surface area contributed by atoms with Gasteiger partial charge in [0.1, 0.15) is 5.82 Å². The Morgan fingerprint density at radius 2 is 2.07 bits per heavy atom. The minimum absolute atomic E-state index is 0.0934. The van der Waals surface area contributed by atoms with Crippen LogP contribution in [-0.4, -0.2) is 64.7 Å². The molecular formula is C18H26FN3O4S. The van der Waals surface area contributed by atoms with Gasteiger partial charge in [0.25, 0.3) is 5.91 Å². The minimum Gasteiger partial charge on any atom is -0.383 e. The summed E-state index contributed by atoms with van der Waals surface area (Å²) in [7, 11) is -2.33. The molecule has 3 rings (SSSR count). The van der Waals surface area contributed by atoms with Crippen LogP contribution in [0.25, 0.3) is 0 Å². The molecule has 1 aromatic rings. The van der Waals surface area contributed by atoms with Crippen LogP contribution in [0.4, 0.5) is 4.39 Å². The standard InChI is InChI=1S/C18H26FN3O4S/c1-26-13-18(7-4-8-20-18)12-21-27(24,25)14-5-6-15(16(19)11-14)17(23)22-9-2-3-10-22/h5-6,11,20-21H,2-4,7-10,12-13H2,1H3. The van der Waals surface area contributed by atoms with Crippen LogP contribution in [0.3, 0.4) is 0 Å². The number of amides is 1. The lowest BCUT2D eigenvalue weighted by Crippen LogP contribution is -2.52. The summed E-state index contributed by atoms with van der Waals surface area (Å²) < 4.78 is 47.4. The Morgan fingerprint density at radius 1 is 1.33 bits per heavy atom. The topological polar surface area (TPSA) is 87.7 Å². The molecule has 2 aliphatic heterocycles. The predicted octanol–water partition coefficient (Wildman–Crippen LogP) is 1.11. The van der Waals surface area contributed by atoms with Crippen molar-refractivity contribution in [3.63, 3.8) is 0 Å². The van der Waals surface area contributed by atoms with Gasteiger partial charge >= 0.3 is 0 Å². The molecule has 2 aliphatic rings. The van der Waals surface area contributed by atoms with Crippen LogP contribution >= 0.6 is 0 Å². The number of nitrogens with zero attached hydrogens (tertiary/aromatic N) is 1. The first-order chi connectivity index (χ1) is 12.9. The summed E-state index contributed by atoms with van der Waals surface area (Å²) in [5.41, 5.74) is -0.546. The summed E-state index contributed by atoms with van der Waals surface area (Å²) in [6.45, 7) is 2.54. The highest BCUT2D eigenvalue weighted by Gasteiger charge is 2.35. The Bertz CT molecular complexity index is 788. The lowest BCUT2D eigenvalue weighted by molar-refractivity contribution is 0.0788. The molecule has 1 amide bonds. The molecule has 0 saturated carbocycles. The summed E-state index contributed by atoms with van der Waals surface area (Å²) in [6, 6.07) is 3.44. The fourth-order valence-corrected chi connectivity index (χ4v) is 4.85. The van der Waals surface area contributed by atoms with E-state index in [0.717, 1.165) is 38.3 Å². The first kappa shape index (κ1) is 20.2. The van der Waals surface area contributed by atoms with Gasteiger partial charge in [-0.2, -0.15) is 0 Å². The van der Waals surface area contributed by atoms with Crippen molar-refractivity contribution < 1.29 is 22.3 Å². The first-order valence-corrected chi connectivity index (χ1v) is 10.7. The lowest BCUT2D eigenvalue weighted by Gasteiger charge is -2.28. The molecule has 7 nitrogen and oxygen atoms in total. The normalized spacial score (nSPS) is 23.1. The summed E-state index contributed by atoms with van der Waals surface area (Å²) in [4.78, 5) is 13.7. The van der Waals surface area contributed by atoms with Gasteiger partial charge in [-0.3, -0.25) is 4.79 Å².